The number of carbonyl (C=O) groups is 2. The van der Waals surface area contributed by atoms with Crippen LogP contribution in [0.4, 0.5) is 11.8 Å². The summed E-state index contributed by atoms with van der Waals surface area (Å²) in [5.74, 6) is 0.829. The van der Waals surface area contributed by atoms with E-state index in [4.69, 9.17) is 5.73 Å². The molecule has 8 heteroatoms. The molecule has 1 aromatic rings. The molecule has 3 rings (SSSR count). The van der Waals surface area contributed by atoms with Crippen LogP contribution in [0.3, 0.4) is 0 Å². The average molecular weight is 332 g/mol. The Hall–Kier alpha value is -2.38. The lowest BCUT2D eigenvalue weighted by Gasteiger charge is -2.32. The van der Waals surface area contributed by atoms with Gasteiger partial charge >= 0.3 is 0 Å². The second-order valence-electron chi connectivity index (χ2n) is 6.98. The predicted octanol–water partition coefficient (Wildman–Crippen LogP) is -0.241. The number of primary amides is 1. The summed E-state index contributed by atoms with van der Waals surface area (Å²) >= 11 is 0. The van der Waals surface area contributed by atoms with Gasteiger partial charge in [0.15, 0.2) is 0 Å². The van der Waals surface area contributed by atoms with E-state index in [0.29, 0.717) is 38.3 Å². The van der Waals surface area contributed by atoms with E-state index in [1.54, 1.807) is 4.90 Å². The second kappa shape index (κ2) is 5.61. The fourth-order valence-corrected chi connectivity index (χ4v) is 3.13. The van der Waals surface area contributed by atoms with E-state index in [2.05, 4.69) is 9.97 Å². The Balaban J connectivity index is 1.93. The van der Waals surface area contributed by atoms with Crippen molar-refractivity contribution in [2.45, 2.75) is 25.8 Å². The maximum absolute atomic E-state index is 12.7. The predicted molar refractivity (Wildman–Crippen MR) is 90.7 cm³/mol. The van der Waals surface area contributed by atoms with Crippen LogP contribution in [0.1, 0.15) is 24.1 Å². The summed E-state index contributed by atoms with van der Waals surface area (Å²) in [7, 11) is 7.68. The average Bonchev–Trinajstić information content (AvgIpc) is 3.34. The van der Waals surface area contributed by atoms with Gasteiger partial charge in [0.2, 0.25) is 17.8 Å². The van der Waals surface area contributed by atoms with Crippen molar-refractivity contribution < 1.29 is 9.59 Å². The number of rotatable bonds is 4. The molecule has 1 fully saturated rings. The van der Waals surface area contributed by atoms with Crippen molar-refractivity contribution in [1.29, 1.82) is 0 Å². The number of anilines is 2. The minimum absolute atomic E-state index is 0.155. The molecule has 2 heterocycles. The molecule has 1 aromatic heterocycles. The molecule has 0 spiro atoms. The summed E-state index contributed by atoms with van der Waals surface area (Å²) < 4.78 is 0. The molecule has 1 saturated carbocycles. The maximum Gasteiger partial charge on any atom is 0.238 e. The van der Waals surface area contributed by atoms with Gasteiger partial charge in [-0.1, -0.05) is 0 Å². The summed E-state index contributed by atoms with van der Waals surface area (Å²) in [6, 6.07) is 0. The lowest BCUT2D eigenvalue weighted by Crippen LogP contribution is -2.46. The van der Waals surface area contributed by atoms with Crippen molar-refractivity contribution >= 4 is 23.6 Å². The van der Waals surface area contributed by atoms with E-state index in [1.165, 1.54) is 0 Å². The van der Waals surface area contributed by atoms with Crippen molar-refractivity contribution in [3.63, 3.8) is 0 Å². The van der Waals surface area contributed by atoms with Crippen LogP contribution in [-0.2, 0) is 22.6 Å². The number of aromatic nitrogens is 2. The van der Waals surface area contributed by atoms with E-state index in [0.717, 1.165) is 17.1 Å². The topological polar surface area (TPSA) is 95.7 Å². The molecule has 24 heavy (non-hydrogen) atoms. The normalized spacial score (nSPS) is 17.9. The molecular weight excluding hydrogens is 308 g/mol. The molecule has 0 aromatic carbocycles. The van der Waals surface area contributed by atoms with Crippen LogP contribution in [0.2, 0.25) is 0 Å². The van der Waals surface area contributed by atoms with Crippen molar-refractivity contribution in [3.8, 4) is 0 Å². The standard InChI is InChI=1S/C16H24N6O2/c1-20(2)12-10-5-8-22(14(24)16(6-7-16)13(17)23)9-11(10)18-15(19-12)21(3)4/h5-9H2,1-4H3,(H2,17,23). The van der Waals surface area contributed by atoms with Crippen molar-refractivity contribution in [1.82, 2.24) is 14.9 Å². The Bertz CT molecular complexity index is 696. The fourth-order valence-electron chi connectivity index (χ4n) is 3.13. The van der Waals surface area contributed by atoms with E-state index >= 15 is 0 Å². The third kappa shape index (κ3) is 2.55. The van der Waals surface area contributed by atoms with Crippen LogP contribution in [0.25, 0.3) is 0 Å². The van der Waals surface area contributed by atoms with Gasteiger partial charge in [0.25, 0.3) is 0 Å². The minimum atomic E-state index is -0.973. The fraction of sp³-hybridized carbons (Fsp3) is 0.625. The van der Waals surface area contributed by atoms with Gasteiger partial charge in [-0.2, -0.15) is 4.98 Å². The first-order valence-corrected chi connectivity index (χ1v) is 8.10. The lowest BCUT2D eigenvalue weighted by atomic mass is 10.00. The van der Waals surface area contributed by atoms with Gasteiger partial charge < -0.3 is 20.4 Å². The van der Waals surface area contributed by atoms with Crippen molar-refractivity contribution in [2.24, 2.45) is 11.1 Å². The molecule has 130 valence electrons. The van der Waals surface area contributed by atoms with Crippen molar-refractivity contribution in [3.05, 3.63) is 11.3 Å². The van der Waals surface area contributed by atoms with Gasteiger partial charge in [0, 0.05) is 40.3 Å². The zero-order valence-electron chi connectivity index (χ0n) is 14.7. The molecule has 0 saturated heterocycles. The lowest BCUT2D eigenvalue weighted by molar-refractivity contribution is -0.143. The van der Waals surface area contributed by atoms with Crippen LogP contribution in [-0.4, -0.2) is 61.4 Å². The molecule has 1 aliphatic heterocycles. The van der Waals surface area contributed by atoms with Crippen LogP contribution < -0.4 is 15.5 Å². The number of nitrogens with zero attached hydrogens (tertiary/aromatic N) is 5. The summed E-state index contributed by atoms with van der Waals surface area (Å²) in [5.41, 5.74) is 6.38. The summed E-state index contributed by atoms with van der Waals surface area (Å²) in [6.45, 7) is 0.958. The van der Waals surface area contributed by atoms with Gasteiger partial charge in [0.1, 0.15) is 11.2 Å². The zero-order chi connectivity index (χ0) is 17.6. The van der Waals surface area contributed by atoms with Gasteiger partial charge in [0.05, 0.1) is 12.2 Å². The molecule has 2 amide bonds. The molecule has 0 unspecified atom stereocenters. The number of carbonyl (C=O) groups excluding carboxylic acids is 2. The van der Waals surface area contributed by atoms with E-state index < -0.39 is 11.3 Å². The third-order valence-corrected chi connectivity index (χ3v) is 4.77. The number of nitrogens with two attached hydrogens (primary N) is 1. The molecular formula is C16H24N6O2. The molecule has 0 atom stereocenters. The summed E-state index contributed by atoms with van der Waals surface area (Å²) in [6.07, 6.45) is 1.79. The zero-order valence-corrected chi connectivity index (χ0v) is 14.7. The largest absolute Gasteiger partial charge is 0.369 e. The number of amides is 2. The number of fused-ring (bicyclic) bond motifs is 1. The SMILES string of the molecule is CN(C)c1nc2c(c(N(C)C)n1)CCN(C(=O)C1(C(N)=O)CC1)C2. The van der Waals surface area contributed by atoms with Gasteiger partial charge in [-0.3, -0.25) is 9.59 Å². The second-order valence-corrected chi connectivity index (χ2v) is 6.98. The highest BCUT2D eigenvalue weighted by molar-refractivity contribution is 6.07. The van der Waals surface area contributed by atoms with E-state index in [1.807, 2.05) is 38.0 Å². The van der Waals surface area contributed by atoms with Crippen LogP contribution in [0.5, 0.6) is 0 Å². The van der Waals surface area contributed by atoms with Crippen LogP contribution >= 0.6 is 0 Å². The first kappa shape index (κ1) is 16.5. The Morgan fingerprint density at radius 2 is 1.79 bits per heavy atom. The van der Waals surface area contributed by atoms with E-state index in [-0.39, 0.29) is 5.91 Å². The highest BCUT2D eigenvalue weighted by atomic mass is 16.2. The Kier molecular flexibility index (Phi) is 3.85. The molecule has 0 radical (unpaired) electrons. The van der Waals surface area contributed by atoms with Gasteiger partial charge in [-0.05, 0) is 19.3 Å². The Morgan fingerprint density at radius 1 is 1.12 bits per heavy atom. The quantitative estimate of drug-likeness (QED) is 0.765. The first-order valence-electron chi connectivity index (χ1n) is 8.10. The van der Waals surface area contributed by atoms with Crippen molar-refractivity contribution in [2.75, 3.05) is 44.5 Å². The minimum Gasteiger partial charge on any atom is -0.369 e. The van der Waals surface area contributed by atoms with Crippen LogP contribution in [0, 0.1) is 5.41 Å². The highest BCUT2D eigenvalue weighted by Crippen LogP contribution is 2.47. The smallest absolute Gasteiger partial charge is 0.238 e. The molecule has 2 aliphatic rings. The highest BCUT2D eigenvalue weighted by Gasteiger charge is 2.57. The Labute approximate surface area is 141 Å². The number of hydrogen-bond acceptors (Lipinski definition) is 6. The molecule has 1 aliphatic carbocycles. The Morgan fingerprint density at radius 3 is 2.29 bits per heavy atom. The molecule has 8 nitrogen and oxygen atoms in total. The first-order chi connectivity index (χ1) is 11.3. The number of hydrogen-bond donors (Lipinski definition) is 1. The molecule has 0 bridgehead atoms. The van der Waals surface area contributed by atoms with Gasteiger partial charge in [-0.15, -0.1) is 0 Å². The van der Waals surface area contributed by atoms with Gasteiger partial charge in [-0.25, -0.2) is 4.98 Å². The van der Waals surface area contributed by atoms with E-state index in [9.17, 15) is 9.59 Å². The monoisotopic (exact) mass is 332 g/mol. The summed E-state index contributed by atoms with van der Waals surface area (Å²) in [4.78, 5) is 39.1. The van der Waals surface area contributed by atoms with Crippen LogP contribution in [0.15, 0.2) is 0 Å². The molecule has 2 N–H and O–H groups in total. The third-order valence-electron chi connectivity index (χ3n) is 4.77. The summed E-state index contributed by atoms with van der Waals surface area (Å²) in [5, 5.41) is 0. The maximum atomic E-state index is 12.7.